The summed E-state index contributed by atoms with van der Waals surface area (Å²) in [6, 6.07) is 30.9. The molecule has 4 aromatic rings. The monoisotopic (exact) mass is 355 g/mol. The summed E-state index contributed by atoms with van der Waals surface area (Å²) in [6.45, 7) is 1.09. The Morgan fingerprint density at radius 2 is 1.33 bits per heavy atom. The van der Waals surface area contributed by atoms with Crippen LogP contribution in [0.4, 0.5) is 0 Å². The molecule has 0 saturated carbocycles. The Bertz CT molecular complexity index is 977. The molecule has 2 heterocycles. The molecule has 0 unspecified atom stereocenters. The first-order chi connectivity index (χ1) is 13.2. The quantitative estimate of drug-likeness (QED) is 0.575. The molecule has 0 amide bonds. The number of hydrogen-bond acceptors (Lipinski definition) is 3. The molecule has 1 aliphatic heterocycles. The van der Waals surface area contributed by atoms with Gasteiger partial charge in [-0.3, -0.25) is 4.90 Å². The molecule has 1 fully saturated rings. The molecule has 3 aromatic carbocycles. The summed E-state index contributed by atoms with van der Waals surface area (Å²) < 4.78 is 5.94. The Kier molecular flexibility index (Phi) is 3.85. The van der Waals surface area contributed by atoms with Crippen molar-refractivity contribution in [2.75, 3.05) is 13.1 Å². The molecule has 1 N–H and O–H groups in total. The number of rotatable bonds is 4. The van der Waals surface area contributed by atoms with Crippen LogP contribution in [0.5, 0.6) is 0 Å². The SMILES string of the molecule is OC1(c2cc3ccccc3o2)CN(C(c2ccccc2)c2ccccc2)C1. The van der Waals surface area contributed by atoms with Gasteiger partial charge in [-0.25, -0.2) is 0 Å². The van der Waals surface area contributed by atoms with E-state index in [-0.39, 0.29) is 6.04 Å². The van der Waals surface area contributed by atoms with Crippen molar-refractivity contribution in [3.05, 3.63) is 108 Å². The van der Waals surface area contributed by atoms with Crippen LogP contribution >= 0.6 is 0 Å². The fourth-order valence-corrected chi connectivity index (χ4v) is 4.06. The van der Waals surface area contributed by atoms with Crippen LogP contribution < -0.4 is 0 Å². The van der Waals surface area contributed by atoms with Gasteiger partial charge in [0.25, 0.3) is 0 Å². The van der Waals surface area contributed by atoms with Gasteiger partial charge in [0.1, 0.15) is 16.9 Å². The molecular weight excluding hydrogens is 334 g/mol. The lowest BCUT2D eigenvalue weighted by Crippen LogP contribution is -2.60. The van der Waals surface area contributed by atoms with Gasteiger partial charge in [0.05, 0.1) is 6.04 Å². The molecule has 0 bridgehead atoms. The van der Waals surface area contributed by atoms with Crippen molar-refractivity contribution >= 4 is 11.0 Å². The fraction of sp³-hybridized carbons (Fsp3) is 0.167. The van der Waals surface area contributed by atoms with Crippen LogP contribution in [0.3, 0.4) is 0 Å². The maximum absolute atomic E-state index is 11.2. The molecule has 0 spiro atoms. The third-order valence-electron chi connectivity index (χ3n) is 5.41. The summed E-state index contributed by atoms with van der Waals surface area (Å²) in [7, 11) is 0. The van der Waals surface area contributed by atoms with Crippen LogP contribution in [0.25, 0.3) is 11.0 Å². The highest BCUT2D eigenvalue weighted by Crippen LogP contribution is 2.41. The highest BCUT2D eigenvalue weighted by Gasteiger charge is 2.48. The Hall–Kier alpha value is -2.88. The zero-order valence-corrected chi connectivity index (χ0v) is 15.0. The number of fused-ring (bicyclic) bond motifs is 1. The lowest BCUT2D eigenvalue weighted by atomic mass is 9.85. The van der Waals surface area contributed by atoms with Gasteiger partial charge in [-0.2, -0.15) is 0 Å². The van der Waals surface area contributed by atoms with Crippen LogP contribution in [0.2, 0.25) is 0 Å². The second-order valence-electron chi connectivity index (χ2n) is 7.31. The molecule has 27 heavy (non-hydrogen) atoms. The smallest absolute Gasteiger partial charge is 0.147 e. The Morgan fingerprint density at radius 3 is 1.93 bits per heavy atom. The van der Waals surface area contributed by atoms with Gasteiger partial charge in [0.2, 0.25) is 0 Å². The van der Waals surface area contributed by atoms with Crippen LogP contribution in [0.15, 0.2) is 95.4 Å². The molecular formula is C24H21NO2. The number of furan rings is 1. The largest absolute Gasteiger partial charge is 0.458 e. The zero-order valence-electron chi connectivity index (χ0n) is 15.0. The number of β-amino-alcohol motifs (C(OH)–C–C–N with tert-alkyl or cyclic N) is 1. The van der Waals surface area contributed by atoms with Gasteiger partial charge in [-0.15, -0.1) is 0 Å². The van der Waals surface area contributed by atoms with Crippen LogP contribution in [0, 0.1) is 0 Å². The third kappa shape index (κ3) is 2.85. The fourth-order valence-electron chi connectivity index (χ4n) is 4.06. The Balaban J connectivity index is 1.45. The maximum Gasteiger partial charge on any atom is 0.147 e. The van der Waals surface area contributed by atoms with Gasteiger partial charge >= 0.3 is 0 Å². The highest BCUT2D eigenvalue weighted by molar-refractivity contribution is 5.78. The number of hydrogen-bond donors (Lipinski definition) is 1. The van der Waals surface area contributed by atoms with Gasteiger partial charge in [-0.05, 0) is 23.3 Å². The van der Waals surface area contributed by atoms with E-state index >= 15 is 0 Å². The van der Waals surface area contributed by atoms with Crippen molar-refractivity contribution in [2.24, 2.45) is 0 Å². The first-order valence-electron chi connectivity index (χ1n) is 9.28. The van der Waals surface area contributed by atoms with Gasteiger partial charge < -0.3 is 9.52 Å². The number of benzene rings is 3. The predicted molar refractivity (Wildman–Crippen MR) is 106 cm³/mol. The van der Waals surface area contributed by atoms with E-state index < -0.39 is 5.60 Å². The van der Waals surface area contributed by atoms with Crippen LogP contribution in [-0.2, 0) is 5.60 Å². The normalized spacial score (nSPS) is 16.5. The van der Waals surface area contributed by atoms with E-state index in [0.29, 0.717) is 18.8 Å². The summed E-state index contributed by atoms with van der Waals surface area (Å²) in [4.78, 5) is 2.30. The first-order valence-corrected chi connectivity index (χ1v) is 9.28. The van der Waals surface area contributed by atoms with E-state index in [1.165, 1.54) is 11.1 Å². The molecule has 0 atom stereocenters. The van der Waals surface area contributed by atoms with Crippen LogP contribution in [0.1, 0.15) is 22.9 Å². The number of para-hydroxylation sites is 1. The second kappa shape index (κ2) is 6.38. The van der Waals surface area contributed by atoms with E-state index in [0.717, 1.165) is 11.0 Å². The summed E-state index contributed by atoms with van der Waals surface area (Å²) in [5.74, 6) is 0.653. The molecule has 1 aromatic heterocycles. The maximum atomic E-state index is 11.2. The number of nitrogens with zero attached hydrogens (tertiary/aromatic N) is 1. The standard InChI is InChI=1S/C24H21NO2/c26-24(22-15-20-13-7-8-14-21(20)27-22)16-25(17-24)23(18-9-3-1-4-10-18)19-11-5-2-6-12-19/h1-15,23,26H,16-17H2. The highest BCUT2D eigenvalue weighted by atomic mass is 16.4. The van der Waals surface area contributed by atoms with E-state index in [1.54, 1.807) is 0 Å². The topological polar surface area (TPSA) is 36.6 Å². The number of likely N-dealkylation sites (tertiary alicyclic amines) is 1. The second-order valence-corrected chi connectivity index (χ2v) is 7.31. The van der Waals surface area contributed by atoms with E-state index in [1.807, 2.05) is 42.5 Å². The molecule has 134 valence electrons. The Labute approximate surface area is 158 Å². The first kappa shape index (κ1) is 16.3. The average molecular weight is 355 g/mol. The Morgan fingerprint density at radius 1 is 0.778 bits per heavy atom. The third-order valence-corrected chi connectivity index (χ3v) is 5.41. The van der Waals surface area contributed by atoms with Crippen molar-refractivity contribution in [1.82, 2.24) is 4.90 Å². The summed E-state index contributed by atoms with van der Waals surface area (Å²) >= 11 is 0. The van der Waals surface area contributed by atoms with Crippen LogP contribution in [-0.4, -0.2) is 23.1 Å². The summed E-state index contributed by atoms with van der Waals surface area (Å²) in [5, 5.41) is 12.2. The minimum Gasteiger partial charge on any atom is -0.458 e. The summed E-state index contributed by atoms with van der Waals surface area (Å²) in [5.41, 5.74) is 2.34. The molecule has 0 radical (unpaired) electrons. The molecule has 3 heteroatoms. The van der Waals surface area contributed by atoms with Crippen molar-refractivity contribution in [3.63, 3.8) is 0 Å². The molecule has 1 aliphatic rings. The van der Waals surface area contributed by atoms with Gasteiger partial charge in [0, 0.05) is 18.5 Å². The van der Waals surface area contributed by atoms with Crippen molar-refractivity contribution < 1.29 is 9.52 Å². The van der Waals surface area contributed by atoms with Crippen molar-refractivity contribution in [1.29, 1.82) is 0 Å². The van der Waals surface area contributed by atoms with E-state index in [4.69, 9.17) is 4.42 Å². The average Bonchev–Trinajstić information content (AvgIpc) is 3.13. The van der Waals surface area contributed by atoms with E-state index in [2.05, 4.69) is 53.4 Å². The molecule has 0 aliphatic carbocycles. The lowest BCUT2D eigenvalue weighted by Gasteiger charge is -2.49. The predicted octanol–water partition coefficient (Wildman–Crippen LogP) is 4.73. The van der Waals surface area contributed by atoms with Gasteiger partial charge in [0.15, 0.2) is 0 Å². The van der Waals surface area contributed by atoms with Crippen molar-refractivity contribution in [2.45, 2.75) is 11.6 Å². The molecule has 3 nitrogen and oxygen atoms in total. The van der Waals surface area contributed by atoms with Crippen molar-refractivity contribution in [3.8, 4) is 0 Å². The lowest BCUT2D eigenvalue weighted by molar-refractivity contribution is -0.127. The minimum absolute atomic E-state index is 0.122. The molecule has 1 saturated heterocycles. The summed E-state index contributed by atoms with van der Waals surface area (Å²) in [6.07, 6.45) is 0. The van der Waals surface area contributed by atoms with Gasteiger partial charge in [-0.1, -0.05) is 78.9 Å². The molecule has 5 rings (SSSR count). The number of aliphatic hydroxyl groups is 1. The zero-order chi connectivity index (χ0) is 18.3. The van der Waals surface area contributed by atoms with E-state index in [9.17, 15) is 5.11 Å². The minimum atomic E-state index is -0.944.